The van der Waals surface area contributed by atoms with E-state index in [0.717, 1.165) is 12.1 Å². The van der Waals surface area contributed by atoms with Crippen LogP contribution in [0.3, 0.4) is 0 Å². The summed E-state index contributed by atoms with van der Waals surface area (Å²) in [5.41, 5.74) is -0.127. The molecule has 2 rings (SSSR count). The van der Waals surface area contributed by atoms with Gasteiger partial charge in [0.25, 0.3) is 0 Å². The van der Waals surface area contributed by atoms with Crippen molar-refractivity contribution in [2.24, 2.45) is 0 Å². The van der Waals surface area contributed by atoms with Crippen LogP contribution in [0.1, 0.15) is 12.0 Å². The van der Waals surface area contributed by atoms with Gasteiger partial charge in [-0.05, 0) is 24.6 Å². The first-order valence-electron chi connectivity index (χ1n) is 5.07. The van der Waals surface area contributed by atoms with Crippen molar-refractivity contribution in [1.82, 2.24) is 0 Å². The Morgan fingerprint density at radius 3 is 2.62 bits per heavy atom. The topological polar surface area (TPSA) is 23.5 Å². The number of β-amino-alcohol motifs (C(OH)–C–C–N with tert-alkyl or cyclic N) is 1. The number of halogens is 3. The minimum absolute atomic E-state index is 0.404. The van der Waals surface area contributed by atoms with E-state index in [0.29, 0.717) is 25.2 Å². The van der Waals surface area contributed by atoms with Gasteiger partial charge in [0.05, 0.1) is 11.7 Å². The van der Waals surface area contributed by atoms with Crippen LogP contribution >= 0.6 is 0 Å². The molecular weight excluding hydrogens is 219 g/mol. The molecule has 0 spiro atoms. The molecule has 2 nitrogen and oxygen atoms in total. The first-order valence-corrected chi connectivity index (χ1v) is 5.07. The van der Waals surface area contributed by atoms with Crippen molar-refractivity contribution in [1.29, 1.82) is 0 Å². The van der Waals surface area contributed by atoms with Crippen molar-refractivity contribution in [3.05, 3.63) is 29.8 Å². The van der Waals surface area contributed by atoms with Gasteiger partial charge in [-0.25, -0.2) is 0 Å². The third-order valence-corrected chi connectivity index (χ3v) is 2.70. The Morgan fingerprint density at radius 2 is 2.06 bits per heavy atom. The molecule has 1 atom stereocenters. The summed E-state index contributed by atoms with van der Waals surface area (Å²) in [6, 6.07) is 5.20. The first-order chi connectivity index (χ1) is 7.47. The molecule has 1 aliphatic heterocycles. The molecule has 1 aliphatic rings. The standard InChI is InChI=1S/C11H12F3NO/c12-11(13,14)8-2-1-3-9(6-8)15-5-4-10(16)7-15/h1-3,6,10,16H,4-5,7H2. The van der Waals surface area contributed by atoms with Crippen molar-refractivity contribution < 1.29 is 18.3 Å². The second kappa shape index (κ2) is 3.97. The predicted octanol–water partition coefficient (Wildman–Crippen LogP) is 2.28. The van der Waals surface area contributed by atoms with E-state index < -0.39 is 17.8 Å². The number of alkyl halides is 3. The number of aliphatic hydroxyl groups excluding tert-OH is 1. The van der Waals surface area contributed by atoms with E-state index in [1.165, 1.54) is 6.07 Å². The zero-order valence-corrected chi connectivity index (χ0v) is 8.54. The summed E-state index contributed by atoms with van der Waals surface area (Å²) in [4.78, 5) is 1.76. The molecular formula is C11H12F3NO. The van der Waals surface area contributed by atoms with Gasteiger partial charge in [0.1, 0.15) is 0 Å². The summed E-state index contributed by atoms with van der Waals surface area (Å²) in [5.74, 6) is 0. The lowest BCUT2D eigenvalue weighted by Gasteiger charge is -2.19. The van der Waals surface area contributed by atoms with E-state index in [1.807, 2.05) is 0 Å². The Labute approximate surface area is 91.3 Å². The van der Waals surface area contributed by atoms with Crippen LogP contribution in [0.5, 0.6) is 0 Å². The fourth-order valence-corrected chi connectivity index (χ4v) is 1.86. The van der Waals surface area contributed by atoms with Crippen molar-refractivity contribution in [3.8, 4) is 0 Å². The van der Waals surface area contributed by atoms with E-state index >= 15 is 0 Å². The lowest BCUT2D eigenvalue weighted by molar-refractivity contribution is -0.137. The Morgan fingerprint density at radius 1 is 1.31 bits per heavy atom. The van der Waals surface area contributed by atoms with Gasteiger partial charge in [0, 0.05) is 18.8 Å². The van der Waals surface area contributed by atoms with Gasteiger partial charge in [0.15, 0.2) is 0 Å². The predicted molar refractivity (Wildman–Crippen MR) is 54.3 cm³/mol. The Bertz CT molecular complexity index is 378. The van der Waals surface area contributed by atoms with Gasteiger partial charge in [-0.2, -0.15) is 13.2 Å². The number of rotatable bonds is 1. The molecule has 0 aliphatic carbocycles. The second-order valence-corrected chi connectivity index (χ2v) is 3.94. The Hall–Kier alpha value is -1.23. The van der Waals surface area contributed by atoms with E-state index in [-0.39, 0.29) is 0 Å². The van der Waals surface area contributed by atoms with Crippen LogP contribution in [-0.4, -0.2) is 24.3 Å². The molecule has 1 heterocycles. The minimum Gasteiger partial charge on any atom is -0.391 e. The van der Waals surface area contributed by atoms with Crippen molar-refractivity contribution in [2.75, 3.05) is 18.0 Å². The SMILES string of the molecule is OC1CCN(c2cccc(C(F)(F)F)c2)C1. The number of nitrogens with zero attached hydrogens (tertiary/aromatic N) is 1. The van der Waals surface area contributed by atoms with Crippen molar-refractivity contribution in [3.63, 3.8) is 0 Å². The third kappa shape index (κ3) is 2.29. The van der Waals surface area contributed by atoms with Gasteiger partial charge >= 0.3 is 6.18 Å². The maximum absolute atomic E-state index is 12.5. The summed E-state index contributed by atoms with van der Waals surface area (Å²) >= 11 is 0. The highest BCUT2D eigenvalue weighted by Gasteiger charge is 2.31. The number of hydrogen-bond acceptors (Lipinski definition) is 2. The van der Waals surface area contributed by atoms with Crippen LogP contribution in [-0.2, 0) is 6.18 Å². The Kier molecular flexibility index (Phi) is 2.80. The highest BCUT2D eigenvalue weighted by Crippen LogP contribution is 2.32. The summed E-state index contributed by atoms with van der Waals surface area (Å²) in [6.07, 6.45) is -4.14. The molecule has 1 unspecified atom stereocenters. The number of benzene rings is 1. The lowest BCUT2D eigenvalue weighted by Crippen LogP contribution is -2.21. The molecule has 1 N–H and O–H groups in total. The first kappa shape index (κ1) is 11.3. The highest BCUT2D eigenvalue weighted by atomic mass is 19.4. The third-order valence-electron chi connectivity index (χ3n) is 2.70. The van der Waals surface area contributed by atoms with E-state index in [4.69, 9.17) is 0 Å². The molecule has 1 aromatic carbocycles. The zero-order chi connectivity index (χ0) is 11.8. The number of hydrogen-bond donors (Lipinski definition) is 1. The summed E-state index contributed by atoms with van der Waals surface area (Å²) in [7, 11) is 0. The molecule has 1 saturated heterocycles. The number of anilines is 1. The van der Waals surface area contributed by atoms with Crippen LogP contribution in [0.25, 0.3) is 0 Å². The minimum atomic E-state index is -4.31. The fourth-order valence-electron chi connectivity index (χ4n) is 1.86. The maximum Gasteiger partial charge on any atom is 0.416 e. The molecule has 0 bridgehead atoms. The van der Waals surface area contributed by atoms with Gasteiger partial charge < -0.3 is 10.0 Å². The number of aliphatic hydroxyl groups is 1. The smallest absolute Gasteiger partial charge is 0.391 e. The molecule has 0 saturated carbocycles. The van der Waals surface area contributed by atoms with Gasteiger partial charge in [-0.1, -0.05) is 6.07 Å². The molecule has 1 fully saturated rings. The maximum atomic E-state index is 12.5. The monoisotopic (exact) mass is 231 g/mol. The second-order valence-electron chi connectivity index (χ2n) is 3.94. The van der Waals surface area contributed by atoms with Gasteiger partial charge in [0.2, 0.25) is 0 Å². The average Bonchev–Trinajstić information content (AvgIpc) is 2.64. The molecule has 16 heavy (non-hydrogen) atoms. The lowest BCUT2D eigenvalue weighted by atomic mass is 10.2. The van der Waals surface area contributed by atoms with E-state index in [1.54, 1.807) is 11.0 Å². The molecule has 88 valence electrons. The highest BCUT2D eigenvalue weighted by molar-refractivity contribution is 5.50. The molecule has 0 amide bonds. The van der Waals surface area contributed by atoms with Crippen LogP contribution in [0.15, 0.2) is 24.3 Å². The van der Waals surface area contributed by atoms with E-state index in [9.17, 15) is 18.3 Å². The Balaban J connectivity index is 2.23. The fraction of sp³-hybridized carbons (Fsp3) is 0.455. The quantitative estimate of drug-likeness (QED) is 0.801. The van der Waals surface area contributed by atoms with Crippen LogP contribution in [0, 0.1) is 0 Å². The van der Waals surface area contributed by atoms with Crippen LogP contribution in [0.4, 0.5) is 18.9 Å². The molecule has 1 aromatic rings. The largest absolute Gasteiger partial charge is 0.416 e. The van der Waals surface area contributed by atoms with Gasteiger partial charge in [-0.3, -0.25) is 0 Å². The average molecular weight is 231 g/mol. The van der Waals surface area contributed by atoms with Gasteiger partial charge in [-0.15, -0.1) is 0 Å². The van der Waals surface area contributed by atoms with Crippen molar-refractivity contribution >= 4 is 5.69 Å². The molecule has 5 heteroatoms. The zero-order valence-electron chi connectivity index (χ0n) is 8.54. The molecule has 0 radical (unpaired) electrons. The van der Waals surface area contributed by atoms with Crippen LogP contribution < -0.4 is 4.90 Å². The normalized spacial score (nSPS) is 21.5. The molecule has 0 aromatic heterocycles. The summed E-state index contributed by atoms with van der Waals surface area (Å²) in [5, 5.41) is 9.33. The summed E-state index contributed by atoms with van der Waals surface area (Å²) in [6.45, 7) is 1.00. The van der Waals surface area contributed by atoms with E-state index in [2.05, 4.69) is 0 Å². The van der Waals surface area contributed by atoms with Crippen LogP contribution in [0.2, 0.25) is 0 Å². The summed E-state index contributed by atoms with van der Waals surface area (Å²) < 4.78 is 37.4. The van der Waals surface area contributed by atoms with Crippen molar-refractivity contribution in [2.45, 2.75) is 18.7 Å².